The molecule has 0 unspecified atom stereocenters. The van der Waals surface area contributed by atoms with Crippen LogP contribution >= 0.6 is 0 Å². The molecule has 0 aromatic heterocycles. The molecule has 0 aliphatic heterocycles. The number of aryl methyl sites for hydroxylation is 1. The molecule has 2 rings (SSSR count). The number of nitrogens with one attached hydrogen (secondary N) is 1. The Hall–Kier alpha value is -2.43. The van der Waals surface area contributed by atoms with Gasteiger partial charge in [0.2, 0.25) is 5.91 Å². The second-order valence-corrected chi connectivity index (χ2v) is 5.14. The predicted molar refractivity (Wildman–Crippen MR) is 84.6 cm³/mol. The van der Waals surface area contributed by atoms with Crippen LogP contribution in [-0.4, -0.2) is 19.1 Å². The summed E-state index contributed by atoms with van der Waals surface area (Å²) in [6.45, 7) is -2.23. The van der Waals surface area contributed by atoms with E-state index < -0.39 is 6.61 Å². The van der Waals surface area contributed by atoms with Crippen molar-refractivity contribution < 1.29 is 18.3 Å². The monoisotopic (exact) mass is 319 g/mol. The van der Waals surface area contributed by atoms with Crippen molar-refractivity contribution in [3.05, 3.63) is 65.7 Å². The summed E-state index contributed by atoms with van der Waals surface area (Å²) in [6, 6.07) is 16.2. The van der Waals surface area contributed by atoms with E-state index in [9.17, 15) is 13.6 Å². The van der Waals surface area contributed by atoms with Crippen LogP contribution in [0.25, 0.3) is 0 Å². The first-order valence-electron chi connectivity index (χ1n) is 7.48. The summed E-state index contributed by atoms with van der Waals surface area (Å²) >= 11 is 0. The Bertz CT molecular complexity index is 600. The normalized spacial score (nSPS) is 10.6. The van der Waals surface area contributed by atoms with Crippen LogP contribution in [0, 0.1) is 0 Å². The quantitative estimate of drug-likeness (QED) is 0.755. The minimum atomic E-state index is -2.84. The maximum absolute atomic E-state index is 12.0. The molecule has 0 aliphatic carbocycles. The van der Waals surface area contributed by atoms with Crippen LogP contribution in [0.2, 0.25) is 0 Å². The molecule has 5 heteroatoms. The lowest BCUT2D eigenvalue weighted by Gasteiger charge is -2.07. The SMILES string of the molecule is O=C(Cc1ccc(OC(F)F)cc1)NCCCc1ccccc1. The zero-order valence-electron chi connectivity index (χ0n) is 12.7. The largest absolute Gasteiger partial charge is 0.435 e. The number of hydrogen-bond donors (Lipinski definition) is 1. The zero-order valence-corrected chi connectivity index (χ0v) is 12.7. The van der Waals surface area contributed by atoms with Crippen LogP contribution < -0.4 is 10.1 Å². The van der Waals surface area contributed by atoms with Crippen molar-refractivity contribution in [2.75, 3.05) is 6.54 Å². The van der Waals surface area contributed by atoms with Crippen LogP contribution in [0.1, 0.15) is 17.5 Å². The van der Waals surface area contributed by atoms with Gasteiger partial charge >= 0.3 is 6.61 Å². The van der Waals surface area contributed by atoms with Crippen LogP contribution in [0.3, 0.4) is 0 Å². The summed E-state index contributed by atoms with van der Waals surface area (Å²) < 4.78 is 28.3. The van der Waals surface area contributed by atoms with E-state index in [1.165, 1.54) is 17.7 Å². The Kier molecular flexibility index (Phi) is 6.54. The lowest BCUT2D eigenvalue weighted by molar-refractivity contribution is -0.120. The van der Waals surface area contributed by atoms with Crippen molar-refractivity contribution >= 4 is 5.91 Å². The van der Waals surface area contributed by atoms with E-state index in [4.69, 9.17) is 0 Å². The maximum atomic E-state index is 12.0. The molecule has 0 aliphatic rings. The fourth-order valence-corrected chi connectivity index (χ4v) is 2.20. The molecule has 0 spiro atoms. The van der Waals surface area contributed by atoms with Crippen molar-refractivity contribution in [1.82, 2.24) is 5.32 Å². The van der Waals surface area contributed by atoms with E-state index in [0.717, 1.165) is 18.4 Å². The van der Waals surface area contributed by atoms with E-state index in [-0.39, 0.29) is 18.1 Å². The average molecular weight is 319 g/mol. The number of halogens is 2. The summed E-state index contributed by atoms with van der Waals surface area (Å²) in [7, 11) is 0. The molecule has 0 bridgehead atoms. The molecular weight excluding hydrogens is 300 g/mol. The highest BCUT2D eigenvalue weighted by molar-refractivity contribution is 5.78. The lowest BCUT2D eigenvalue weighted by Crippen LogP contribution is -2.26. The Morgan fingerprint density at radius 3 is 2.35 bits per heavy atom. The highest BCUT2D eigenvalue weighted by Crippen LogP contribution is 2.15. The number of hydrogen-bond acceptors (Lipinski definition) is 2. The first kappa shape index (κ1) is 16.9. The van der Waals surface area contributed by atoms with Gasteiger partial charge in [0, 0.05) is 6.54 Å². The molecule has 0 atom stereocenters. The molecule has 1 amide bonds. The third kappa shape index (κ3) is 6.46. The summed E-state index contributed by atoms with van der Waals surface area (Å²) in [5.41, 5.74) is 2.00. The number of carbonyl (C=O) groups excluding carboxylic acids is 1. The number of benzene rings is 2. The van der Waals surface area contributed by atoms with Crippen LogP contribution in [-0.2, 0) is 17.6 Å². The van der Waals surface area contributed by atoms with Gasteiger partial charge in [0.1, 0.15) is 5.75 Å². The second kappa shape index (κ2) is 8.88. The number of carbonyl (C=O) groups is 1. The third-order valence-corrected chi connectivity index (χ3v) is 3.32. The second-order valence-electron chi connectivity index (χ2n) is 5.14. The number of ether oxygens (including phenoxy) is 1. The van der Waals surface area contributed by atoms with Gasteiger partial charge in [-0.15, -0.1) is 0 Å². The van der Waals surface area contributed by atoms with Crippen LogP contribution in [0.5, 0.6) is 5.75 Å². The van der Waals surface area contributed by atoms with Gasteiger partial charge in [-0.25, -0.2) is 0 Å². The fraction of sp³-hybridized carbons (Fsp3) is 0.278. The molecule has 0 radical (unpaired) electrons. The first-order valence-corrected chi connectivity index (χ1v) is 7.48. The highest BCUT2D eigenvalue weighted by Gasteiger charge is 2.06. The molecule has 23 heavy (non-hydrogen) atoms. The summed E-state index contributed by atoms with van der Waals surface area (Å²) in [5, 5.41) is 2.86. The molecule has 0 saturated heterocycles. The van der Waals surface area contributed by atoms with Gasteiger partial charge in [0.25, 0.3) is 0 Å². The van der Waals surface area contributed by atoms with Gasteiger partial charge in [-0.2, -0.15) is 8.78 Å². The topological polar surface area (TPSA) is 38.3 Å². The van der Waals surface area contributed by atoms with Crippen molar-refractivity contribution in [2.24, 2.45) is 0 Å². The minimum absolute atomic E-state index is 0.0828. The van der Waals surface area contributed by atoms with Crippen LogP contribution in [0.15, 0.2) is 54.6 Å². The molecule has 0 heterocycles. The first-order chi connectivity index (χ1) is 11.1. The average Bonchev–Trinajstić information content (AvgIpc) is 2.54. The van der Waals surface area contributed by atoms with Crippen molar-refractivity contribution in [1.29, 1.82) is 0 Å². The summed E-state index contributed by atoms with van der Waals surface area (Å²) in [4.78, 5) is 11.8. The van der Waals surface area contributed by atoms with Gasteiger partial charge in [0.05, 0.1) is 6.42 Å². The molecule has 0 fully saturated rings. The fourth-order valence-electron chi connectivity index (χ4n) is 2.20. The number of amides is 1. The van der Waals surface area contributed by atoms with Gasteiger partial charge < -0.3 is 10.1 Å². The molecular formula is C18H19F2NO2. The van der Waals surface area contributed by atoms with E-state index >= 15 is 0 Å². The third-order valence-electron chi connectivity index (χ3n) is 3.32. The maximum Gasteiger partial charge on any atom is 0.387 e. The Labute approximate surface area is 134 Å². The molecule has 2 aromatic rings. The van der Waals surface area contributed by atoms with Crippen molar-refractivity contribution in [3.8, 4) is 5.75 Å². The van der Waals surface area contributed by atoms with E-state index in [1.807, 2.05) is 18.2 Å². The van der Waals surface area contributed by atoms with Crippen molar-refractivity contribution in [2.45, 2.75) is 25.9 Å². The molecule has 0 saturated carbocycles. The zero-order chi connectivity index (χ0) is 16.5. The van der Waals surface area contributed by atoms with Gasteiger partial charge in [-0.05, 0) is 36.1 Å². The van der Waals surface area contributed by atoms with Gasteiger partial charge in [0.15, 0.2) is 0 Å². The Morgan fingerprint density at radius 2 is 1.70 bits per heavy atom. The smallest absolute Gasteiger partial charge is 0.387 e. The minimum Gasteiger partial charge on any atom is -0.435 e. The highest BCUT2D eigenvalue weighted by atomic mass is 19.3. The van der Waals surface area contributed by atoms with E-state index in [0.29, 0.717) is 6.54 Å². The molecule has 1 N–H and O–H groups in total. The molecule has 2 aromatic carbocycles. The standard InChI is InChI=1S/C18H19F2NO2/c19-18(20)23-16-10-8-15(9-11-16)13-17(22)21-12-4-7-14-5-2-1-3-6-14/h1-3,5-6,8-11,18H,4,7,12-13H2,(H,21,22). The predicted octanol–water partition coefficient (Wildman–Crippen LogP) is 3.58. The Morgan fingerprint density at radius 1 is 1.00 bits per heavy atom. The van der Waals surface area contributed by atoms with Crippen molar-refractivity contribution in [3.63, 3.8) is 0 Å². The summed E-state index contributed by atoms with van der Waals surface area (Å²) in [6.07, 6.45) is 2.01. The summed E-state index contributed by atoms with van der Waals surface area (Å²) in [5.74, 6) is 0.00705. The van der Waals surface area contributed by atoms with Crippen LogP contribution in [0.4, 0.5) is 8.78 Å². The number of alkyl halides is 2. The number of rotatable bonds is 8. The van der Waals surface area contributed by atoms with E-state index in [2.05, 4.69) is 22.2 Å². The van der Waals surface area contributed by atoms with Gasteiger partial charge in [-0.3, -0.25) is 4.79 Å². The Balaban J connectivity index is 1.68. The van der Waals surface area contributed by atoms with E-state index in [1.54, 1.807) is 12.1 Å². The molecule has 3 nitrogen and oxygen atoms in total. The van der Waals surface area contributed by atoms with Gasteiger partial charge in [-0.1, -0.05) is 42.5 Å². The lowest BCUT2D eigenvalue weighted by atomic mass is 10.1. The molecule has 122 valence electrons.